The van der Waals surface area contributed by atoms with E-state index in [-0.39, 0.29) is 0 Å². The maximum absolute atomic E-state index is 5.49. The number of ether oxygens (including phenoxy) is 1. The molecule has 0 aromatic rings. The highest BCUT2D eigenvalue weighted by atomic mass is 16.5. The van der Waals surface area contributed by atoms with Crippen LogP contribution in [-0.2, 0) is 4.74 Å². The zero-order valence-electron chi connectivity index (χ0n) is 6.84. The average molecular weight is 140 g/mol. The van der Waals surface area contributed by atoms with Crippen molar-refractivity contribution in [2.75, 3.05) is 0 Å². The van der Waals surface area contributed by atoms with E-state index in [0.29, 0.717) is 12.2 Å². The highest BCUT2D eigenvalue weighted by Gasteiger charge is 2.22. The molecule has 0 saturated carbocycles. The van der Waals surface area contributed by atoms with Gasteiger partial charge in [0.15, 0.2) is 0 Å². The second kappa shape index (κ2) is 3.77. The van der Waals surface area contributed by atoms with Crippen LogP contribution in [0.5, 0.6) is 0 Å². The first-order chi connectivity index (χ1) is 4.95. The Morgan fingerprint density at radius 3 is 2.00 bits per heavy atom. The molecule has 2 atom stereocenters. The summed E-state index contributed by atoms with van der Waals surface area (Å²) in [5.74, 6) is 0. The molecule has 2 heterocycles. The van der Waals surface area contributed by atoms with Gasteiger partial charge in [-0.25, -0.2) is 0 Å². The summed E-state index contributed by atoms with van der Waals surface area (Å²) >= 11 is 0. The van der Waals surface area contributed by atoms with Gasteiger partial charge in [-0.2, -0.15) is 0 Å². The van der Waals surface area contributed by atoms with Gasteiger partial charge in [-0.15, -0.1) is 0 Å². The molecule has 0 aliphatic carbocycles. The summed E-state index contributed by atoms with van der Waals surface area (Å²) in [5, 5.41) is 0. The Balaban J connectivity index is 0.000000231. The summed E-state index contributed by atoms with van der Waals surface area (Å²) < 4.78 is 5.49. The maximum atomic E-state index is 5.49. The molecule has 0 N–H and O–H groups in total. The van der Waals surface area contributed by atoms with Gasteiger partial charge in [-0.05, 0) is 19.3 Å². The SMILES string of the molecule is C1=C[C@H]2CCC[C@@H]1O2.CC. The molecule has 2 aliphatic rings. The molecule has 58 valence electrons. The zero-order valence-corrected chi connectivity index (χ0v) is 6.84. The predicted octanol–water partition coefficient (Wildman–Crippen LogP) is 2.52. The number of rotatable bonds is 0. The minimum atomic E-state index is 0.480. The molecule has 1 nitrogen and oxygen atoms in total. The van der Waals surface area contributed by atoms with Crippen LogP contribution >= 0.6 is 0 Å². The molecule has 1 saturated heterocycles. The van der Waals surface area contributed by atoms with Crippen molar-refractivity contribution in [1.29, 1.82) is 0 Å². The van der Waals surface area contributed by atoms with E-state index in [1.165, 1.54) is 19.3 Å². The van der Waals surface area contributed by atoms with Crippen molar-refractivity contribution in [3.8, 4) is 0 Å². The first-order valence-corrected chi connectivity index (χ1v) is 4.29. The highest BCUT2D eigenvalue weighted by molar-refractivity contribution is 5.04. The summed E-state index contributed by atoms with van der Waals surface area (Å²) in [6, 6.07) is 0. The molecular formula is C9H16O. The Morgan fingerprint density at radius 1 is 1.10 bits per heavy atom. The molecule has 2 rings (SSSR count). The van der Waals surface area contributed by atoms with E-state index in [9.17, 15) is 0 Å². The van der Waals surface area contributed by atoms with Crippen molar-refractivity contribution in [2.45, 2.75) is 45.3 Å². The molecule has 2 bridgehead atoms. The van der Waals surface area contributed by atoms with Gasteiger partial charge in [0.2, 0.25) is 0 Å². The standard InChI is InChI=1S/C7H10O.C2H6/c1-2-6-4-5-7(3-1)8-6;1-2/h4-7H,1-3H2;1-2H3/t6-,7+;. The molecule has 0 aromatic heterocycles. The third-order valence-electron chi connectivity index (χ3n) is 1.87. The van der Waals surface area contributed by atoms with Gasteiger partial charge < -0.3 is 4.74 Å². The molecule has 0 radical (unpaired) electrons. The Kier molecular flexibility index (Phi) is 2.94. The molecule has 1 fully saturated rings. The van der Waals surface area contributed by atoms with Crippen LogP contribution in [0.2, 0.25) is 0 Å². The zero-order chi connectivity index (χ0) is 7.40. The average Bonchev–Trinajstić information content (AvgIpc) is 2.35. The fraction of sp³-hybridized carbons (Fsp3) is 0.778. The highest BCUT2D eigenvalue weighted by Crippen LogP contribution is 2.25. The predicted molar refractivity (Wildman–Crippen MR) is 43.0 cm³/mol. The van der Waals surface area contributed by atoms with Crippen LogP contribution in [0.25, 0.3) is 0 Å². The molecule has 0 aromatic carbocycles. The largest absolute Gasteiger partial charge is 0.367 e. The fourth-order valence-corrected chi connectivity index (χ4v) is 1.41. The number of fused-ring (bicyclic) bond motifs is 2. The van der Waals surface area contributed by atoms with Crippen molar-refractivity contribution < 1.29 is 4.74 Å². The van der Waals surface area contributed by atoms with Gasteiger partial charge in [-0.1, -0.05) is 26.0 Å². The number of hydrogen-bond donors (Lipinski definition) is 0. The topological polar surface area (TPSA) is 9.23 Å². The Morgan fingerprint density at radius 2 is 1.60 bits per heavy atom. The first kappa shape index (κ1) is 7.80. The lowest BCUT2D eigenvalue weighted by atomic mass is 10.1. The van der Waals surface area contributed by atoms with Gasteiger partial charge in [0.05, 0.1) is 12.2 Å². The van der Waals surface area contributed by atoms with Gasteiger partial charge in [-0.3, -0.25) is 0 Å². The van der Waals surface area contributed by atoms with Crippen LogP contribution in [0.3, 0.4) is 0 Å². The van der Waals surface area contributed by atoms with Gasteiger partial charge >= 0.3 is 0 Å². The van der Waals surface area contributed by atoms with E-state index in [4.69, 9.17) is 4.74 Å². The number of hydrogen-bond acceptors (Lipinski definition) is 1. The fourth-order valence-electron chi connectivity index (χ4n) is 1.41. The van der Waals surface area contributed by atoms with Crippen molar-refractivity contribution >= 4 is 0 Å². The molecule has 0 amide bonds. The van der Waals surface area contributed by atoms with Crippen LogP contribution in [0.1, 0.15) is 33.1 Å². The Hall–Kier alpha value is -0.300. The van der Waals surface area contributed by atoms with E-state index in [1.807, 2.05) is 13.8 Å². The normalized spacial score (nSPS) is 35.0. The van der Waals surface area contributed by atoms with Crippen molar-refractivity contribution in [3.05, 3.63) is 12.2 Å². The molecule has 0 unspecified atom stereocenters. The van der Waals surface area contributed by atoms with E-state index in [1.54, 1.807) is 0 Å². The second-order valence-corrected chi connectivity index (χ2v) is 2.53. The van der Waals surface area contributed by atoms with Gasteiger partial charge in [0, 0.05) is 0 Å². The lowest BCUT2D eigenvalue weighted by Gasteiger charge is -2.19. The van der Waals surface area contributed by atoms with Gasteiger partial charge in [0.1, 0.15) is 0 Å². The quantitative estimate of drug-likeness (QED) is 0.470. The molecule has 2 aliphatic heterocycles. The maximum Gasteiger partial charge on any atom is 0.0764 e. The van der Waals surface area contributed by atoms with Crippen molar-refractivity contribution in [2.24, 2.45) is 0 Å². The molecular weight excluding hydrogens is 124 g/mol. The summed E-state index contributed by atoms with van der Waals surface area (Å²) in [7, 11) is 0. The monoisotopic (exact) mass is 140 g/mol. The molecule has 10 heavy (non-hydrogen) atoms. The summed E-state index contributed by atoms with van der Waals surface area (Å²) in [4.78, 5) is 0. The molecule has 0 spiro atoms. The second-order valence-electron chi connectivity index (χ2n) is 2.53. The first-order valence-electron chi connectivity index (χ1n) is 4.29. The van der Waals surface area contributed by atoms with E-state index in [2.05, 4.69) is 12.2 Å². The minimum Gasteiger partial charge on any atom is -0.367 e. The summed E-state index contributed by atoms with van der Waals surface area (Å²) in [6.07, 6.45) is 9.18. The van der Waals surface area contributed by atoms with Crippen molar-refractivity contribution in [3.63, 3.8) is 0 Å². The van der Waals surface area contributed by atoms with Crippen LogP contribution in [0.4, 0.5) is 0 Å². The Bertz CT molecular complexity index is 106. The summed E-state index contributed by atoms with van der Waals surface area (Å²) in [5.41, 5.74) is 0. The third-order valence-corrected chi connectivity index (χ3v) is 1.87. The van der Waals surface area contributed by atoms with Crippen LogP contribution < -0.4 is 0 Å². The molecule has 1 heteroatoms. The Labute approximate surface area is 63.1 Å². The van der Waals surface area contributed by atoms with Crippen molar-refractivity contribution in [1.82, 2.24) is 0 Å². The van der Waals surface area contributed by atoms with E-state index < -0.39 is 0 Å². The minimum absolute atomic E-state index is 0.480. The van der Waals surface area contributed by atoms with Gasteiger partial charge in [0.25, 0.3) is 0 Å². The smallest absolute Gasteiger partial charge is 0.0764 e. The van der Waals surface area contributed by atoms with E-state index in [0.717, 1.165) is 0 Å². The van der Waals surface area contributed by atoms with Crippen LogP contribution in [0, 0.1) is 0 Å². The van der Waals surface area contributed by atoms with Crippen LogP contribution in [0.15, 0.2) is 12.2 Å². The van der Waals surface area contributed by atoms with Crippen LogP contribution in [-0.4, -0.2) is 12.2 Å². The lowest BCUT2D eigenvalue weighted by molar-refractivity contribution is 0.0206. The lowest BCUT2D eigenvalue weighted by Crippen LogP contribution is -2.17. The summed E-state index contributed by atoms with van der Waals surface area (Å²) in [6.45, 7) is 4.00. The van der Waals surface area contributed by atoms with E-state index >= 15 is 0 Å². The third kappa shape index (κ3) is 1.60.